The average molecular weight is 524 g/mol. The Morgan fingerprint density at radius 3 is 2.69 bits per heavy atom. The van der Waals surface area contributed by atoms with Gasteiger partial charge in [-0.1, -0.05) is 18.2 Å². The Morgan fingerprint density at radius 1 is 1.10 bits per heavy atom. The van der Waals surface area contributed by atoms with Crippen LogP contribution in [0.5, 0.6) is 0 Å². The van der Waals surface area contributed by atoms with Gasteiger partial charge in [0.2, 0.25) is 0 Å². The summed E-state index contributed by atoms with van der Waals surface area (Å²) in [6, 6.07) is 12.3. The average Bonchev–Trinajstić information content (AvgIpc) is 3.32. The Kier molecular flexibility index (Phi) is 5.14. The SMILES string of the molecule is O=C=c1[nH]c2ccc(-n3ncc(C(=O)Nc4cnc(-n5cccn5)c(C(F)F)c4)c3C3CC3)c3cccc1c23. The first-order chi connectivity index (χ1) is 19.0. The van der Waals surface area contributed by atoms with Gasteiger partial charge in [0, 0.05) is 40.0 Å². The van der Waals surface area contributed by atoms with E-state index in [0.717, 1.165) is 45.9 Å². The lowest BCUT2D eigenvalue weighted by molar-refractivity contribution is 0.102. The van der Waals surface area contributed by atoms with Crippen LogP contribution in [0.2, 0.25) is 0 Å². The highest BCUT2D eigenvalue weighted by Gasteiger charge is 2.33. The van der Waals surface area contributed by atoms with Crippen molar-refractivity contribution >= 4 is 39.2 Å². The Hall–Kier alpha value is -5.15. The first-order valence-corrected chi connectivity index (χ1v) is 12.3. The van der Waals surface area contributed by atoms with E-state index in [1.54, 1.807) is 10.7 Å². The Morgan fingerprint density at radius 2 is 1.95 bits per heavy atom. The zero-order valence-electron chi connectivity index (χ0n) is 20.2. The molecular weight excluding hydrogens is 504 g/mol. The minimum absolute atomic E-state index is 0.00591. The number of benzene rings is 2. The van der Waals surface area contributed by atoms with Crippen LogP contribution >= 0.6 is 0 Å². The summed E-state index contributed by atoms with van der Waals surface area (Å²) in [4.78, 5) is 32.1. The number of hydrogen-bond acceptors (Lipinski definition) is 5. The third kappa shape index (κ3) is 3.71. The highest BCUT2D eigenvalue weighted by Crippen LogP contribution is 2.43. The minimum atomic E-state index is -2.81. The number of hydrogen-bond donors (Lipinski definition) is 2. The molecule has 7 rings (SSSR count). The van der Waals surface area contributed by atoms with Gasteiger partial charge >= 0.3 is 0 Å². The van der Waals surface area contributed by atoms with Gasteiger partial charge < -0.3 is 10.3 Å². The van der Waals surface area contributed by atoms with Crippen molar-refractivity contribution in [2.24, 2.45) is 0 Å². The lowest BCUT2D eigenvalue weighted by Crippen LogP contribution is -2.15. The maximum Gasteiger partial charge on any atom is 0.267 e. The number of anilines is 1. The molecule has 192 valence electrons. The van der Waals surface area contributed by atoms with Crippen LogP contribution in [0.3, 0.4) is 0 Å². The number of rotatable bonds is 6. The van der Waals surface area contributed by atoms with Crippen molar-refractivity contribution in [1.82, 2.24) is 29.5 Å². The van der Waals surface area contributed by atoms with Crippen molar-refractivity contribution in [3.05, 3.63) is 89.4 Å². The fourth-order valence-corrected chi connectivity index (χ4v) is 5.13. The van der Waals surface area contributed by atoms with Crippen molar-refractivity contribution in [1.29, 1.82) is 0 Å². The van der Waals surface area contributed by atoms with Crippen molar-refractivity contribution in [3.8, 4) is 11.5 Å². The van der Waals surface area contributed by atoms with E-state index in [9.17, 15) is 18.4 Å². The van der Waals surface area contributed by atoms with Crippen LogP contribution in [-0.4, -0.2) is 41.4 Å². The van der Waals surface area contributed by atoms with Crippen LogP contribution < -0.4 is 10.7 Å². The molecule has 0 bridgehead atoms. The van der Waals surface area contributed by atoms with Crippen molar-refractivity contribution in [2.45, 2.75) is 25.2 Å². The monoisotopic (exact) mass is 523 g/mol. The normalized spacial score (nSPS) is 13.4. The highest BCUT2D eigenvalue weighted by molar-refractivity contribution is 6.13. The molecule has 6 aromatic rings. The van der Waals surface area contributed by atoms with Gasteiger partial charge in [-0.05, 0) is 37.1 Å². The van der Waals surface area contributed by atoms with Gasteiger partial charge in [0.1, 0.15) is 5.35 Å². The Bertz CT molecular complexity index is 1970. The predicted molar refractivity (Wildman–Crippen MR) is 139 cm³/mol. The van der Waals surface area contributed by atoms with Crippen LogP contribution in [-0.2, 0) is 4.79 Å². The number of aromatic amines is 1. The summed E-state index contributed by atoms with van der Waals surface area (Å²) >= 11 is 0. The third-order valence-corrected chi connectivity index (χ3v) is 7.00. The lowest BCUT2D eigenvalue weighted by atomic mass is 10.0. The molecule has 0 aliphatic heterocycles. The van der Waals surface area contributed by atoms with Crippen LogP contribution in [0, 0.1) is 0 Å². The molecule has 4 heterocycles. The predicted octanol–water partition coefficient (Wildman–Crippen LogP) is 4.38. The molecule has 1 saturated carbocycles. The summed E-state index contributed by atoms with van der Waals surface area (Å²) in [6.45, 7) is 0. The van der Waals surface area contributed by atoms with E-state index in [2.05, 4.69) is 25.5 Å². The summed E-state index contributed by atoms with van der Waals surface area (Å²) < 4.78 is 30.7. The van der Waals surface area contributed by atoms with Crippen LogP contribution in [0.4, 0.5) is 14.5 Å². The van der Waals surface area contributed by atoms with E-state index >= 15 is 0 Å². The number of aromatic nitrogens is 6. The van der Waals surface area contributed by atoms with Crippen molar-refractivity contribution in [3.63, 3.8) is 0 Å². The lowest BCUT2D eigenvalue weighted by Gasteiger charge is -2.13. The molecule has 0 radical (unpaired) electrons. The molecule has 2 aromatic carbocycles. The minimum Gasteiger partial charge on any atom is -0.345 e. The molecule has 0 spiro atoms. The molecule has 0 atom stereocenters. The molecule has 0 unspecified atom stereocenters. The number of H-pyrrole nitrogens is 1. The number of nitrogens with one attached hydrogen (secondary N) is 2. The number of halogens is 2. The largest absolute Gasteiger partial charge is 0.345 e. The fraction of sp³-hybridized carbons (Fsp3) is 0.143. The third-order valence-electron chi connectivity index (χ3n) is 7.00. The molecule has 11 heteroatoms. The fourth-order valence-electron chi connectivity index (χ4n) is 5.13. The molecule has 9 nitrogen and oxygen atoms in total. The summed E-state index contributed by atoms with van der Waals surface area (Å²) in [5, 5.41) is 14.2. The zero-order valence-corrected chi connectivity index (χ0v) is 20.2. The van der Waals surface area contributed by atoms with Gasteiger partial charge in [-0.3, -0.25) is 4.79 Å². The standard InChI is InChI=1S/C28H19F2N7O2/c29-26(30)19-11-16(12-31-27(19)36-10-2-9-32-36)34-28(39)20-13-33-37(25(20)15-5-6-15)23-8-7-21-24-17(22(14-38)35-21)3-1-4-18(23)24/h1-4,7-13,15,26,35H,5-6H2,(H,34,39). The summed E-state index contributed by atoms with van der Waals surface area (Å²) in [7, 11) is 0. The van der Waals surface area contributed by atoms with Gasteiger partial charge in [0.15, 0.2) is 11.8 Å². The first kappa shape index (κ1) is 23.0. The van der Waals surface area contributed by atoms with E-state index in [1.807, 2.05) is 36.3 Å². The molecular formula is C28H19F2N7O2. The van der Waals surface area contributed by atoms with Crippen LogP contribution in [0.1, 0.15) is 46.8 Å². The van der Waals surface area contributed by atoms with E-state index in [1.165, 1.54) is 35.5 Å². The summed E-state index contributed by atoms with van der Waals surface area (Å²) in [5.74, 6) is 1.63. The number of pyridine rings is 1. The van der Waals surface area contributed by atoms with E-state index in [0.29, 0.717) is 10.9 Å². The highest BCUT2D eigenvalue weighted by atomic mass is 19.3. The van der Waals surface area contributed by atoms with Crippen LogP contribution in [0.25, 0.3) is 33.2 Å². The maximum atomic E-state index is 13.8. The molecule has 4 aromatic heterocycles. The van der Waals surface area contributed by atoms with E-state index < -0.39 is 12.3 Å². The topological polar surface area (TPSA) is 110 Å². The number of amides is 1. The Labute approximate surface area is 218 Å². The first-order valence-electron chi connectivity index (χ1n) is 12.3. The second-order valence-electron chi connectivity index (χ2n) is 9.43. The molecule has 1 fully saturated rings. The molecule has 1 amide bonds. The maximum absolute atomic E-state index is 13.8. The van der Waals surface area contributed by atoms with Crippen LogP contribution in [0.15, 0.2) is 67.3 Å². The quantitative estimate of drug-likeness (QED) is 0.337. The van der Waals surface area contributed by atoms with E-state index in [4.69, 9.17) is 0 Å². The van der Waals surface area contributed by atoms with Gasteiger partial charge in [0.05, 0.1) is 40.6 Å². The van der Waals surface area contributed by atoms with Crippen molar-refractivity contribution in [2.75, 3.05) is 5.32 Å². The van der Waals surface area contributed by atoms with E-state index in [-0.39, 0.29) is 23.0 Å². The smallest absolute Gasteiger partial charge is 0.267 e. The molecule has 2 N–H and O–H groups in total. The summed E-state index contributed by atoms with van der Waals surface area (Å²) in [6.07, 6.45) is 4.82. The van der Waals surface area contributed by atoms with Gasteiger partial charge in [-0.2, -0.15) is 10.2 Å². The zero-order chi connectivity index (χ0) is 26.7. The number of carbonyl (C=O) groups excluding carboxylic acids is 2. The van der Waals surface area contributed by atoms with Gasteiger partial charge in [-0.25, -0.2) is 27.9 Å². The molecule has 1 aliphatic carbocycles. The van der Waals surface area contributed by atoms with Gasteiger partial charge in [0.25, 0.3) is 12.3 Å². The second-order valence-corrected chi connectivity index (χ2v) is 9.43. The number of nitrogens with zero attached hydrogens (tertiary/aromatic N) is 5. The second kappa shape index (κ2) is 8.71. The number of alkyl halides is 2. The Balaban J connectivity index is 1.28. The number of carbonyl (C=O) groups is 1. The molecule has 0 saturated heterocycles. The molecule has 1 aliphatic rings. The molecule has 39 heavy (non-hydrogen) atoms. The summed E-state index contributed by atoms with van der Waals surface area (Å²) in [5.41, 5.74) is 2.49. The van der Waals surface area contributed by atoms with Crippen molar-refractivity contribution < 1.29 is 18.4 Å². The van der Waals surface area contributed by atoms with Gasteiger partial charge in [-0.15, -0.1) is 0 Å².